The van der Waals surface area contributed by atoms with Gasteiger partial charge in [0.2, 0.25) is 0 Å². The van der Waals surface area contributed by atoms with Crippen molar-refractivity contribution in [3.63, 3.8) is 0 Å². The monoisotopic (exact) mass is 122 g/mol. The summed E-state index contributed by atoms with van der Waals surface area (Å²) in [6.45, 7) is 2.12. The van der Waals surface area contributed by atoms with Gasteiger partial charge in [0.1, 0.15) is 0 Å². The van der Waals surface area contributed by atoms with E-state index in [0.717, 1.165) is 13.1 Å². The Morgan fingerprint density at radius 2 is 2.44 bits per heavy atom. The highest BCUT2D eigenvalue weighted by atomic mass is 14.9. The van der Waals surface area contributed by atoms with Gasteiger partial charge >= 0.3 is 0 Å². The second kappa shape index (κ2) is 1.87. The number of allylic oxidation sites excluding steroid dienone is 1. The lowest BCUT2D eigenvalue weighted by molar-refractivity contribution is 0.871. The third-order valence-electron chi connectivity index (χ3n) is 1.89. The first-order valence-corrected chi connectivity index (χ1v) is 3.42. The summed E-state index contributed by atoms with van der Waals surface area (Å²) in [6, 6.07) is 0. The van der Waals surface area contributed by atoms with Crippen LogP contribution in [0.25, 0.3) is 0 Å². The molecule has 0 radical (unpaired) electrons. The number of rotatable bonds is 0. The summed E-state index contributed by atoms with van der Waals surface area (Å²) in [4.78, 5) is 4.17. The molecule has 0 aromatic carbocycles. The van der Waals surface area contributed by atoms with Crippen molar-refractivity contribution >= 4 is 6.21 Å². The minimum absolute atomic E-state index is 1.00. The fraction of sp³-hybridized carbons (Fsp3) is 0.571. The van der Waals surface area contributed by atoms with E-state index in [1.165, 1.54) is 18.5 Å². The Morgan fingerprint density at radius 3 is 3.33 bits per heavy atom. The highest BCUT2D eigenvalue weighted by molar-refractivity contribution is 5.80. The highest BCUT2D eigenvalue weighted by Gasteiger charge is 2.13. The fourth-order valence-electron chi connectivity index (χ4n) is 1.36. The van der Waals surface area contributed by atoms with E-state index >= 15 is 0 Å². The van der Waals surface area contributed by atoms with E-state index in [2.05, 4.69) is 10.3 Å². The highest BCUT2D eigenvalue weighted by Crippen LogP contribution is 2.18. The zero-order valence-electron chi connectivity index (χ0n) is 5.35. The third-order valence-corrected chi connectivity index (χ3v) is 1.89. The van der Waals surface area contributed by atoms with Crippen LogP contribution >= 0.6 is 0 Å². The Morgan fingerprint density at radius 1 is 1.44 bits per heavy atom. The number of hydrogen-bond acceptors (Lipinski definition) is 2. The number of nitrogens with one attached hydrogen (secondary N) is 1. The maximum Gasteiger partial charge on any atom is 0.0515 e. The maximum absolute atomic E-state index is 4.17. The maximum atomic E-state index is 4.17. The van der Waals surface area contributed by atoms with Gasteiger partial charge in [0.05, 0.1) is 5.70 Å². The van der Waals surface area contributed by atoms with Gasteiger partial charge < -0.3 is 5.32 Å². The van der Waals surface area contributed by atoms with E-state index in [1.807, 2.05) is 6.21 Å². The van der Waals surface area contributed by atoms with Crippen molar-refractivity contribution in [1.29, 1.82) is 0 Å². The first kappa shape index (κ1) is 5.03. The number of aliphatic imine (C=N–C) groups is 1. The van der Waals surface area contributed by atoms with Crippen molar-refractivity contribution in [2.24, 2.45) is 4.99 Å². The Bertz CT molecular complexity index is 179. The molecule has 0 fully saturated rings. The molecule has 0 saturated heterocycles. The lowest BCUT2D eigenvalue weighted by Gasteiger charge is -2.05. The van der Waals surface area contributed by atoms with Gasteiger partial charge in [0.15, 0.2) is 0 Å². The van der Waals surface area contributed by atoms with Gasteiger partial charge in [-0.1, -0.05) is 0 Å². The number of hydrogen-bond donors (Lipinski definition) is 1. The molecule has 2 nitrogen and oxygen atoms in total. The standard InChI is InChI=1S/C7H10N2/c1-3-8-5-7-6(1)2-4-9-7/h5,9H,1-4H2. The van der Waals surface area contributed by atoms with Crippen LogP contribution in [0.5, 0.6) is 0 Å². The molecule has 2 aliphatic heterocycles. The molecule has 0 atom stereocenters. The molecule has 48 valence electrons. The van der Waals surface area contributed by atoms with E-state index in [-0.39, 0.29) is 0 Å². The third kappa shape index (κ3) is 0.745. The van der Waals surface area contributed by atoms with E-state index in [9.17, 15) is 0 Å². The molecule has 0 unspecified atom stereocenters. The van der Waals surface area contributed by atoms with Crippen molar-refractivity contribution in [3.8, 4) is 0 Å². The molecule has 0 aliphatic carbocycles. The molecule has 2 rings (SSSR count). The molecule has 0 bridgehead atoms. The van der Waals surface area contributed by atoms with Crippen molar-refractivity contribution in [2.45, 2.75) is 12.8 Å². The van der Waals surface area contributed by atoms with Crippen LogP contribution in [0.1, 0.15) is 12.8 Å². The molecule has 9 heavy (non-hydrogen) atoms. The van der Waals surface area contributed by atoms with E-state index < -0.39 is 0 Å². The second-order valence-electron chi connectivity index (χ2n) is 2.48. The van der Waals surface area contributed by atoms with Gasteiger partial charge in [-0.05, 0) is 18.4 Å². The first-order valence-electron chi connectivity index (χ1n) is 3.42. The molecule has 1 N–H and O–H groups in total. The van der Waals surface area contributed by atoms with Crippen molar-refractivity contribution in [1.82, 2.24) is 5.32 Å². The Hall–Kier alpha value is -0.790. The molecule has 0 aromatic heterocycles. The molecule has 2 heteroatoms. The predicted molar refractivity (Wildman–Crippen MR) is 37.6 cm³/mol. The summed E-state index contributed by atoms with van der Waals surface area (Å²) in [6.07, 6.45) is 4.38. The van der Waals surface area contributed by atoms with E-state index in [0.29, 0.717) is 0 Å². The van der Waals surface area contributed by atoms with Gasteiger partial charge in [-0.15, -0.1) is 0 Å². The van der Waals surface area contributed by atoms with Crippen LogP contribution in [0.3, 0.4) is 0 Å². The van der Waals surface area contributed by atoms with Crippen molar-refractivity contribution < 1.29 is 0 Å². The summed E-state index contributed by atoms with van der Waals surface area (Å²) in [7, 11) is 0. The minimum Gasteiger partial charge on any atom is -0.384 e. The lowest BCUT2D eigenvalue weighted by atomic mass is 10.1. The fourth-order valence-corrected chi connectivity index (χ4v) is 1.36. The summed E-state index contributed by atoms with van der Waals surface area (Å²) in [5.74, 6) is 0. The minimum atomic E-state index is 1.00. The molecule has 0 amide bonds. The molecule has 2 heterocycles. The van der Waals surface area contributed by atoms with E-state index in [4.69, 9.17) is 0 Å². The molecular weight excluding hydrogens is 112 g/mol. The van der Waals surface area contributed by atoms with Gasteiger partial charge in [-0.25, -0.2) is 0 Å². The van der Waals surface area contributed by atoms with Crippen molar-refractivity contribution in [3.05, 3.63) is 11.3 Å². The van der Waals surface area contributed by atoms with Crippen LogP contribution in [-0.4, -0.2) is 19.3 Å². The normalized spacial score (nSPS) is 24.0. The lowest BCUT2D eigenvalue weighted by Crippen LogP contribution is -2.09. The van der Waals surface area contributed by atoms with Crippen LogP contribution in [0.4, 0.5) is 0 Å². The summed E-state index contributed by atoms with van der Waals surface area (Å²) < 4.78 is 0. The average molecular weight is 122 g/mol. The van der Waals surface area contributed by atoms with Crippen molar-refractivity contribution in [2.75, 3.05) is 13.1 Å². The zero-order valence-corrected chi connectivity index (χ0v) is 5.35. The topological polar surface area (TPSA) is 24.4 Å². The number of dihydropyridines is 1. The van der Waals surface area contributed by atoms with Crippen LogP contribution < -0.4 is 5.32 Å². The Kier molecular flexibility index (Phi) is 1.04. The summed E-state index contributed by atoms with van der Waals surface area (Å²) >= 11 is 0. The van der Waals surface area contributed by atoms with Gasteiger partial charge in [0.25, 0.3) is 0 Å². The largest absolute Gasteiger partial charge is 0.384 e. The smallest absolute Gasteiger partial charge is 0.0515 e. The quantitative estimate of drug-likeness (QED) is 0.502. The van der Waals surface area contributed by atoms with Crippen LogP contribution in [0, 0.1) is 0 Å². The average Bonchev–Trinajstić information content (AvgIpc) is 2.33. The molecule has 2 aliphatic rings. The molecule has 0 aromatic rings. The van der Waals surface area contributed by atoms with Gasteiger partial charge in [0, 0.05) is 19.3 Å². The first-order chi connectivity index (χ1) is 4.47. The van der Waals surface area contributed by atoms with Crippen LogP contribution in [0.15, 0.2) is 16.3 Å². The molecular formula is C7H10N2. The zero-order chi connectivity index (χ0) is 6.10. The summed E-state index contributed by atoms with van der Waals surface area (Å²) in [5.41, 5.74) is 2.87. The Balaban J connectivity index is 2.28. The molecule has 0 spiro atoms. The predicted octanol–water partition coefficient (Wildman–Crippen LogP) is 0.708. The van der Waals surface area contributed by atoms with Gasteiger partial charge in [-0.3, -0.25) is 4.99 Å². The SMILES string of the molecule is C1=NCCC2=C1NCC2. The van der Waals surface area contributed by atoms with Crippen LogP contribution in [-0.2, 0) is 0 Å². The Labute approximate surface area is 54.7 Å². The van der Waals surface area contributed by atoms with Crippen LogP contribution in [0.2, 0.25) is 0 Å². The number of nitrogens with zero attached hydrogens (tertiary/aromatic N) is 1. The molecule has 0 saturated carbocycles. The van der Waals surface area contributed by atoms with Gasteiger partial charge in [-0.2, -0.15) is 0 Å². The second-order valence-corrected chi connectivity index (χ2v) is 2.48. The summed E-state index contributed by atoms with van der Waals surface area (Å²) in [5, 5.41) is 3.29. The van der Waals surface area contributed by atoms with E-state index in [1.54, 1.807) is 5.57 Å².